The third-order valence-electron chi connectivity index (χ3n) is 3.12. The number of carbonyl (C=O) groups is 1. The van der Waals surface area contributed by atoms with E-state index < -0.39 is 22.5 Å². The van der Waals surface area contributed by atoms with Gasteiger partial charge in [-0.1, -0.05) is 13.8 Å². The van der Waals surface area contributed by atoms with E-state index in [0.29, 0.717) is 0 Å². The summed E-state index contributed by atoms with van der Waals surface area (Å²) in [7, 11) is 0. The molecule has 0 saturated heterocycles. The lowest BCUT2D eigenvalue weighted by Crippen LogP contribution is -2.35. The maximum atomic E-state index is 12.0. The Kier molecular flexibility index (Phi) is 4.06. The van der Waals surface area contributed by atoms with E-state index in [-0.39, 0.29) is 28.5 Å². The topological polar surface area (TPSA) is 138 Å². The summed E-state index contributed by atoms with van der Waals surface area (Å²) in [5.41, 5.74) is -0.556. The van der Waals surface area contributed by atoms with Crippen molar-refractivity contribution in [3.63, 3.8) is 0 Å². The molecule has 0 saturated carbocycles. The van der Waals surface area contributed by atoms with Gasteiger partial charge in [0.2, 0.25) is 5.95 Å². The van der Waals surface area contributed by atoms with Gasteiger partial charge in [0.15, 0.2) is 0 Å². The summed E-state index contributed by atoms with van der Waals surface area (Å²) in [5.74, 6) is -1.29. The number of aromatic amines is 1. The summed E-state index contributed by atoms with van der Waals surface area (Å²) in [6.45, 7) is 3.43. The number of hydrogen-bond donors (Lipinski definition) is 3. The van der Waals surface area contributed by atoms with Gasteiger partial charge >= 0.3 is 5.97 Å². The fourth-order valence-electron chi connectivity index (χ4n) is 1.97. The van der Waals surface area contributed by atoms with Crippen LogP contribution in [0.25, 0.3) is 10.9 Å². The van der Waals surface area contributed by atoms with E-state index in [4.69, 9.17) is 5.11 Å². The molecule has 22 heavy (non-hydrogen) atoms. The van der Waals surface area contributed by atoms with E-state index in [1.54, 1.807) is 13.8 Å². The number of nitro benzene ring substituents is 1. The molecule has 116 valence electrons. The lowest BCUT2D eigenvalue weighted by Gasteiger charge is -2.18. The number of carboxylic acid groups (broad SMARTS) is 1. The van der Waals surface area contributed by atoms with Crippen molar-refractivity contribution in [2.75, 3.05) is 5.32 Å². The first-order chi connectivity index (χ1) is 10.3. The number of carboxylic acids is 1. The minimum Gasteiger partial charge on any atom is -0.480 e. The zero-order chi connectivity index (χ0) is 16.4. The Morgan fingerprint density at radius 3 is 2.68 bits per heavy atom. The largest absolute Gasteiger partial charge is 0.480 e. The number of non-ortho nitro benzene ring substituents is 1. The first-order valence-corrected chi connectivity index (χ1v) is 6.47. The van der Waals surface area contributed by atoms with E-state index in [2.05, 4.69) is 15.3 Å². The summed E-state index contributed by atoms with van der Waals surface area (Å²) in [6, 6.07) is 2.79. The molecule has 0 unspecified atom stereocenters. The Morgan fingerprint density at radius 2 is 2.14 bits per heavy atom. The summed E-state index contributed by atoms with van der Waals surface area (Å²) in [4.78, 5) is 39.7. The Labute approximate surface area is 124 Å². The van der Waals surface area contributed by atoms with Crippen LogP contribution in [-0.2, 0) is 4.79 Å². The van der Waals surface area contributed by atoms with Crippen LogP contribution in [0, 0.1) is 16.0 Å². The average Bonchev–Trinajstić information content (AvgIpc) is 2.43. The molecule has 9 nitrogen and oxygen atoms in total. The van der Waals surface area contributed by atoms with E-state index in [0.717, 1.165) is 6.07 Å². The second kappa shape index (κ2) is 5.80. The van der Waals surface area contributed by atoms with Crippen molar-refractivity contribution in [3.05, 3.63) is 38.7 Å². The monoisotopic (exact) mass is 306 g/mol. The van der Waals surface area contributed by atoms with E-state index in [9.17, 15) is 19.7 Å². The van der Waals surface area contributed by atoms with Gasteiger partial charge in [-0.25, -0.2) is 9.78 Å². The van der Waals surface area contributed by atoms with Crippen LogP contribution < -0.4 is 10.9 Å². The van der Waals surface area contributed by atoms with Gasteiger partial charge in [-0.3, -0.25) is 19.9 Å². The molecule has 3 N–H and O–H groups in total. The van der Waals surface area contributed by atoms with Crippen molar-refractivity contribution in [1.82, 2.24) is 9.97 Å². The SMILES string of the molecule is CC(C)[C@H](Nc1nc2ccc([N+](=O)[O-])cc2c(=O)[nH]1)C(=O)O. The summed E-state index contributed by atoms with van der Waals surface area (Å²) in [6.07, 6.45) is 0. The molecule has 0 aliphatic heterocycles. The van der Waals surface area contributed by atoms with Crippen LogP contribution in [0.2, 0.25) is 0 Å². The Morgan fingerprint density at radius 1 is 1.45 bits per heavy atom. The number of fused-ring (bicyclic) bond motifs is 1. The van der Waals surface area contributed by atoms with E-state index in [1.165, 1.54) is 12.1 Å². The molecule has 0 fully saturated rings. The van der Waals surface area contributed by atoms with Crippen molar-refractivity contribution in [3.8, 4) is 0 Å². The van der Waals surface area contributed by atoms with Crippen molar-refractivity contribution >= 4 is 28.5 Å². The molecule has 0 radical (unpaired) electrons. The predicted molar refractivity (Wildman–Crippen MR) is 78.9 cm³/mol. The number of nitrogens with one attached hydrogen (secondary N) is 2. The highest BCUT2D eigenvalue weighted by Gasteiger charge is 2.22. The maximum Gasteiger partial charge on any atom is 0.326 e. The van der Waals surface area contributed by atoms with Gasteiger partial charge in [-0.05, 0) is 12.0 Å². The molecule has 0 aliphatic carbocycles. The molecule has 1 atom stereocenters. The maximum absolute atomic E-state index is 12.0. The lowest BCUT2D eigenvalue weighted by molar-refractivity contribution is -0.384. The van der Waals surface area contributed by atoms with E-state index in [1.807, 2.05) is 0 Å². The van der Waals surface area contributed by atoms with Gasteiger partial charge < -0.3 is 10.4 Å². The van der Waals surface area contributed by atoms with Crippen LogP contribution in [0.4, 0.5) is 11.6 Å². The van der Waals surface area contributed by atoms with Gasteiger partial charge in [-0.2, -0.15) is 0 Å². The summed E-state index contributed by atoms with van der Waals surface area (Å²) >= 11 is 0. The predicted octanol–water partition coefficient (Wildman–Crippen LogP) is 1.35. The van der Waals surface area contributed by atoms with Gasteiger partial charge in [0.1, 0.15) is 6.04 Å². The second-order valence-corrected chi connectivity index (χ2v) is 5.08. The van der Waals surface area contributed by atoms with Crippen LogP contribution in [0.5, 0.6) is 0 Å². The first kappa shape index (κ1) is 15.4. The van der Waals surface area contributed by atoms with Gasteiger partial charge in [-0.15, -0.1) is 0 Å². The number of nitro groups is 1. The minimum absolute atomic E-state index is 0.00690. The Balaban J connectivity index is 2.46. The number of aliphatic carboxylic acids is 1. The van der Waals surface area contributed by atoms with Crippen LogP contribution >= 0.6 is 0 Å². The number of hydrogen-bond acceptors (Lipinski definition) is 6. The van der Waals surface area contributed by atoms with Gasteiger partial charge in [0.05, 0.1) is 15.8 Å². The number of anilines is 1. The zero-order valence-electron chi connectivity index (χ0n) is 11.9. The van der Waals surface area contributed by atoms with Crippen LogP contribution in [0.15, 0.2) is 23.0 Å². The molecule has 0 amide bonds. The summed E-state index contributed by atoms with van der Waals surface area (Å²) in [5, 5.41) is 22.6. The third-order valence-corrected chi connectivity index (χ3v) is 3.12. The molecular formula is C13H14N4O5. The van der Waals surface area contributed by atoms with Gasteiger partial charge in [0.25, 0.3) is 11.2 Å². The van der Waals surface area contributed by atoms with Crippen LogP contribution in [-0.4, -0.2) is 32.0 Å². The molecule has 1 heterocycles. The molecule has 0 bridgehead atoms. The minimum atomic E-state index is -1.07. The number of rotatable bonds is 5. The average molecular weight is 306 g/mol. The highest BCUT2D eigenvalue weighted by Crippen LogP contribution is 2.18. The van der Waals surface area contributed by atoms with Crippen molar-refractivity contribution in [1.29, 1.82) is 0 Å². The fourth-order valence-corrected chi connectivity index (χ4v) is 1.97. The number of nitrogens with zero attached hydrogens (tertiary/aromatic N) is 2. The fraction of sp³-hybridized carbons (Fsp3) is 0.308. The zero-order valence-corrected chi connectivity index (χ0v) is 11.9. The highest BCUT2D eigenvalue weighted by atomic mass is 16.6. The quantitative estimate of drug-likeness (QED) is 0.559. The third kappa shape index (κ3) is 3.03. The highest BCUT2D eigenvalue weighted by molar-refractivity contribution is 5.82. The summed E-state index contributed by atoms with van der Waals surface area (Å²) < 4.78 is 0. The van der Waals surface area contributed by atoms with Crippen molar-refractivity contribution in [2.45, 2.75) is 19.9 Å². The van der Waals surface area contributed by atoms with Gasteiger partial charge in [0, 0.05) is 12.1 Å². The molecular weight excluding hydrogens is 292 g/mol. The molecule has 1 aromatic heterocycles. The Bertz CT molecular complexity index is 799. The Hall–Kier alpha value is -2.97. The van der Waals surface area contributed by atoms with Crippen LogP contribution in [0.3, 0.4) is 0 Å². The molecule has 1 aromatic carbocycles. The van der Waals surface area contributed by atoms with E-state index >= 15 is 0 Å². The molecule has 2 rings (SSSR count). The molecule has 0 aliphatic rings. The number of aromatic nitrogens is 2. The lowest BCUT2D eigenvalue weighted by atomic mass is 10.1. The molecule has 2 aromatic rings. The molecule has 0 spiro atoms. The first-order valence-electron chi connectivity index (χ1n) is 6.47. The number of benzene rings is 1. The smallest absolute Gasteiger partial charge is 0.326 e. The standard InChI is InChI=1S/C13H14N4O5/c1-6(2)10(12(19)20)15-13-14-9-4-3-7(17(21)22)5-8(9)11(18)16-13/h3-6,10H,1-2H3,(H,19,20)(H2,14,15,16,18)/t10-/m0/s1. The normalized spacial score (nSPS) is 12.3. The molecule has 9 heteroatoms. The van der Waals surface area contributed by atoms with Crippen LogP contribution in [0.1, 0.15) is 13.8 Å². The van der Waals surface area contributed by atoms with Crippen molar-refractivity contribution in [2.24, 2.45) is 5.92 Å². The second-order valence-electron chi connectivity index (χ2n) is 5.08. The van der Waals surface area contributed by atoms with Crippen molar-refractivity contribution < 1.29 is 14.8 Å². The number of H-pyrrole nitrogens is 1.